The molecular formula is C20H22N2O3. The van der Waals surface area contributed by atoms with E-state index in [0.717, 1.165) is 30.6 Å². The quantitative estimate of drug-likeness (QED) is 0.786. The molecule has 0 aliphatic carbocycles. The van der Waals surface area contributed by atoms with E-state index in [1.54, 1.807) is 0 Å². The second-order valence-electron chi connectivity index (χ2n) is 6.13. The van der Waals surface area contributed by atoms with Crippen molar-refractivity contribution >= 4 is 17.9 Å². The standard InChI is InChI=1S/C20H22N2O3/c1-16-13-17(14-23)7-8-19(16)21-9-11-22(12-10-21)20(24)15-25-18-5-3-2-4-6-18/h2-8,13-14H,9-12,15H2,1H3. The van der Waals surface area contributed by atoms with Crippen LogP contribution in [0.25, 0.3) is 0 Å². The third kappa shape index (κ3) is 4.18. The van der Waals surface area contributed by atoms with Crippen molar-refractivity contribution in [1.82, 2.24) is 4.90 Å². The fourth-order valence-corrected chi connectivity index (χ4v) is 3.06. The third-order valence-corrected chi connectivity index (χ3v) is 4.44. The fraction of sp³-hybridized carbons (Fsp3) is 0.300. The Kier molecular flexibility index (Phi) is 5.33. The van der Waals surface area contributed by atoms with Gasteiger partial charge in [-0.1, -0.05) is 18.2 Å². The zero-order chi connectivity index (χ0) is 17.6. The number of benzene rings is 2. The lowest BCUT2D eigenvalue weighted by atomic mass is 10.1. The summed E-state index contributed by atoms with van der Waals surface area (Å²) in [5, 5.41) is 0. The Morgan fingerprint density at radius 3 is 2.44 bits per heavy atom. The van der Waals surface area contributed by atoms with Crippen molar-refractivity contribution < 1.29 is 14.3 Å². The van der Waals surface area contributed by atoms with Gasteiger partial charge in [0.1, 0.15) is 12.0 Å². The maximum Gasteiger partial charge on any atom is 0.260 e. The molecule has 1 heterocycles. The number of carbonyl (C=O) groups excluding carboxylic acids is 2. The van der Waals surface area contributed by atoms with Crippen LogP contribution in [0.4, 0.5) is 5.69 Å². The number of amides is 1. The van der Waals surface area contributed by atoms with E-state index in [1.807, 2.05) is 60.4 Å². The Bertz CT molecular complexity index is 738. The molecule has 0 saturated carbocycles. The summed E-state index contributed by atoms with van der Waals surface area (Å²) in [5.74, 6) is 0.719. The number of piperazine rings is 1. The zero-order valence-corrected chi connectivity index (χ0v) is 14.4. The molecule has 0 N–H and O–H groups in total. The van der Waals surface area contributed by atoms with Crippen molar-refractivity contribution in [3.05, 3.63) is 59.7 Å². The summed E-state index contributed by atoms with van der Waals surface area (Å²) >= 11 is 0. The predicted octanol–water partition coefficient (Wildman–Crippen LogP) is 2.54. The predicted molar refractivity (Wildman–Crippen MR) is 97.3 cm³/mol. The molecule has 2 aromatic carbocycles. The molecule has 25 heavy (non-hydrogen) atoms. The van der Waals surface area contributed by atoms with Gasteiger partial charge in [0.05, 0.1) is 0 Å². The van der Waals surface area contributed by atoms with Gasteiger partial charge < -0.3 is 14.5 Å². The number of hydrogen-bond acceptors (Lipinski definition) is 4. The Morgan fingerprint density at radius 1 is 1.08 bits per heavy atom. The van der Waals surface area contributed by atoms with Gasteiger partial charge in [0.15, 0.2) is 6.61 Å². The van der Waals surface area contributed by atoms with Gasteiger partial charge in [0.25, 0.3) is 5.91 Å². The fourth-order valence-electron chi connectivity index (χ4n) is 3.06. The number of carbonyl (C=O) groups is 2. The van der Waals surface area contributed by atoms with Crippen molar-refractivity contribution in [2.75, 3.05) is 37.7 Å². The topological polar surface area (TPSA) is 49.9 Å². The summed E-state index contributed by atoms with van der Waals surface area (Å²) in [6.07, 6.45) is 0.861. The number of aldehydes is 1. The molecule has 1 aliphatic rings. The molecule has 0 atom stereocenters. The molecule has 0 bridgehead atoms. The van der Waals surface area contributed by atoms with E-state index in [0.29, 0.717) is 24.4 Å². The van der Waals surface area contributed by atoms with Gasteiger partial charge in [0, 0.05) is 37.4 Å². The molecule has 0 aromatic heterocycles. The van der Waals surface area contributed by atoms with Gasteiger partial charge in [0.2, 0.25) is 0 Å². The highest BCUT2D eigenvalue weighted by Crippen LogP contribution is 2.22. The molecule has 2 aromatic rings. The average Bonchev–Trinajstić information content (AvgIpc) is 2.67. The monoisotopic (exact) mass is 338 g/mol. The van der Waals surface area contributed by atoms with Crippen molar-refractivity contribution in [1.29, 1.82) is 0 Å². The lowest BCUT2D eigenvalue weighted by molar-refractivity contribution is -0.133. The van der Waals surface area contributed by atoms with Crippen molar-refractivity contribution in [2.24, 2.45) is 0 Å². The van der Waals surface area contributed by atoms with Crippen molar-refractivity contribution in [2.45, 2.75) is 6.92 Å². The van der Waals surface area contributed by atoms with Crippen molar-refractivity contribution in [3.8, 4) is 5.75 Å². The van der Waals surface area contributed by atoms with E-state index >= 15 is 0 Å². The lowest BCUT2D eigenvalue weighted by Gasteiger charge is -2.36. The normalized spacial score (nSPS) is 14.3. The molecular weight excluding hydrogens is 316 g/mol. The lowest BCUT2D eigenvalue weighted by Crippen LogP contribution is -2.50. The van der Waals surface area contributed by atoms with E-state index in [4.69, 9.17) is 4.74 Å². The largest absolute Gasteiger partial charge is 0.484 e. The number of hydrogen-bond donors (Lipinski definition) is 0. The first-order chi connectivity index (χ1) is 12.2. The van der Waals surface area contributed by atoms with Gasteiger partial charge in [-0.05, 0) is 42.8 Å². The van der Waals surface area contributed by atoms with Crippen LogP contribution in [-0.2, 0) is 4.79 Å². The van der Waals surface area contributed by atoms with Crippen LogP contribution >= 0.6 is 0 Å². The Labute approximate surface area is 147 Å². The highest BCUT2D eigenvalue weighted by Gasteiger charge is 2.22. The minimum absolute atomic E-state index is 0.0107. The minimum Gasteiger partial charge on any atom is -0.484 e. The first kappa shape index (κ1) is 17.0. The van der Waals surface area contributed by atoms with E-state index in [-0.39, 0.29) is 12.5 Å². The molecule has 1 aliphatic heterocycles. The molecule has 0 unspecified atom stereocenters. The summed E-state index contributed by atoms with van der Waals surface area (Å²) in [6.45, 7) is 4.97. The highest BCUT2D eigenvalue weighted by atomic mass is 16.5. The van der Waals surface area contributed by atoms with Gasteiger partial charge in [-0.3, -0.25) is 9.59 Å². The van der Waals surface area contributed by atoms with Crippen LogP contribution in [0.2, 0.25) is 0 Å². The van der Waals surface area contributed by atoms with Gasteiger partial charge in [-0.2, -0.15) is 0 Å². The van der Waals surface area contributed by atoms with Crippen LogP contribution in [0.3, 0.4) is 0 Å². The summed E-state index contributed by atoms with van der Waals surface area (Å²) in [5.41, 5.74) is 2.89. The number of anilines is 1. The maximum absolute atomic E-state index is 12.3. The smallest absolute Gasteiger partial charge is 0.260 e. The number of aryl methyl sites for hydroxylation is 1. The Morgan fingerprint density at radius 2 is 1.80 bits per heavy atom. The SMILES string of the molecule is Cc1cc(C=O)ccc1N1CCN(C(=O)COc2ccccc2)CC1. The van der Waals surface area contributed by atoms with Crippen LogP contribution in [0.5, 0.6) is 5.75 Å². The number of ether oxygens (including phenoxy) is 1. The van der Waals surface area contributed by atoms with Gasteiger partial charge in [-0.15, -0.1) is 0 Å². The van der Waals surface area contributed by atoms with Gasteiger partial charge in [-0.25, -0.2) is 0 Å². The van der Waals surface area contributed by atoms with E-state index in [1.165, 1.54) is 0 Å². The second-order valence-corrected chi connectivity index (χ2v) is 6.13. The number of rotatable bonds is 5. The molecule has 1 amide bonds. The second kappa shape index (κ2) is 7.83. The molecule has 130 valence electrons. The van der Waals surface area contributed by atoms with E-state index in [2.05, 4.69) is 4.90 Å². The Hall–Kier alpha value is -2.82. The number of nitrogens with zero attached hydrogens (tertiary/aromatic N) is 2. The van der Waals surface area contributed by atoms with Crippen LogP contribution in [-0.4, -0.2) is 49.9 Å². The van der Waals surface area contributed by atoms with E-state index in [9.17, 15) is 9.59 Å². The summed E-state index contributed by atoms with van der Waals surface area (Å²) < 4.78 is 5.54. The van der Waals surface area contributed by atoms with Crippen LogP contribution in [0, 0.1) is 6.92 Å². The number of para-hydroxylation sites is 1. The molecule has 1 fully saturated rings. The summed E-state index contributed by atoms with van der Waals surface area (Å²) in [7, 11) is 0. The summed E-state index contributed by atoms with van der Waals surface area (Å²) in [6, 6.07) is 15.1. The highest BCUT2D eigenvalue weighted by molar-refractivity contribution is 5.78. The van der Waals surface area contributed by atoms with Crippen LogP contribution in [0.15, 0.2) is 48.5 Å². The third-order valence-electron chi connectivity index (χ3n) is 4.44. The maximum atomic E-state index is 12.3. The molecule has 3 rings (SSSR count). The minimum atomic E-state index is 0.0107. The summed E-state index contributed by atoms with van der Waals surface area (Å²) in [4.78, 5) is 27.3. The van der Waals surface area contributed by atoms with Gasteiger partial charge >= 0.3 is 0 Å². The molecule has 1 saturated heterocycles. The molecule has 5 nitrogen and oxygen atoms in total. The van der Waals surface area contributed by atoms with E-state index < -0.39 is 0 Å². The molecule has 5 heteroatoms. The van der Waals surface area contributed by atoms with Crippen LogP contribution < -0.4 is 9.64 Å². The van der Waals surface area contributed by atoms with Crippen molar-refractivity contribution in [3.63, 3.8) is 0 Å². The molecule has 0 radical (unpaired) electrons. The first-order valence-corrected chi connectivity index (χ1v) is 8.44. The zero-order valence-electron chi connectivity index (χ0n) is 14.4. The Balaban J connectivity index is 1.53. The van der Waals surface area contributed by atoms with Crippen LogP contribution in [0.1, 0.15) is 15.9 Å². The average molecular weight is 338 g/mol. The molecule has 0 spiro atoms. The first-order valence-electron chi connectivity index (χ1n) is 8.44.